The van der Waals surface area contributed by atoms with Crippen LogP contribution in [0.3, 0.4) is 0 Å². The van der Waals surface area contributed by atoms with E-state index >= 15 is 0 Å². The van der Waals surface area contributed by atoms with Crippen molar-refractivity contribution in [3.8, 4) is 0 Å². The van der Waals surface area contributed by atoms with Crippen LogP contribution in [0.15, 0.2) is 90.0 Å². The molecule has 2 saturated heterocycles. The highest BCUT2D eigenvalue weighted by atomic mass is 31.3. The van der Waals surface area contributed by atoms with Crippen LogP contribution in [0, 0.1) is 0 Å². The zero-order valence-corrected chi connectivity index (χ0v) is 43.2. The van der Waals surface area contributed by atoms with Crippen LogP contribution in [0.5, 0.6) is 0 Å². The molecule has 9 atom stereocenters. The van der Waals surface area contributed by atoms with Crippen molar-refractivity contribution in [1.82, 2.24) is 9.55 Å². The highest BCUT2D eigenvalue weighted by Crippen LogP contribution is 2.60. The number of carbonyl (C=O) groups excluding carboxylic acids is 2. The minimum absolute atomic E-state index is 0.0459. The number of epoxide rings is 1. The molecule has 3 heterocycles. The van der Waals surface area contributed by atoms with Crippen molar-refractivity contribution in [2.24, 2.45) is 0 Å². The smallest absolute Gasteiger partial charge is 0.462 e. The number of carbonyl (C=O) groups is 2. The number of aromatic nitrogens is 2. The summed E-state index contributed by atoms with van der Waals surface area (Å²) < 4.78 is 62.4. The zero-order chi connectivity index (χ0) is 51.7. The maximum absolute atomic E-state index is 12.9. The number of phosphoric ester groups is 2. The molecule has 400 valence electrons. The van der Waals surface area contributed by atoms with Crippen LogP contribution in [0.2, 0.25) is 0 Å². The van der Waals surface area contributed by atoms with E-state index in [4.69, 9.17) is 33.7 Å². The Morgan fingerprint density at radius 3 is 1.82 bits per heavy atom. The molecule has 21 heteroatoms. The van der Waals surface area contributed by atoms with E-state index in [0.29, 0.717) is 19.3 Å². The van der Waals surface area contributed by atoms with E-state index in [1.807, 2.05) is 18.2 Å². The molecule has 4 unspecified atom stereocenters. The van der Waals surface area contributed by atoms with Crippen molar-refractivity contribution in [2.75, 3.05) is 25.6 Å². The lowest BCUT2D eigenvalue weighted by molar-refractivity contribution is -0.161. The van der Waals surface area contributed by atoms with Crippen molar-refractivity contribution in [2.45, 2.75) is 185 Å². The maximum atomic E-state index is 12.9. The van der Waals surface area contributed by atoms with Crippen LogP contribution in [-0.4, -0.2) is 97.9 Å². The Kier molecular flexibility index (Phi) is 30.6. The van der Waals surface area contributed by atoms with E-state index in [2.05, 4.69) is 77.8 Å². The third-order valence-electron chi connectivity index (χ3n) is 11.2. The standard InChI is InChI=1S/C50H79N3O16P2/c1-3-5-7-9-11-13-14-15-16-17-18-20-22-24-29-33-45(54)63-37-40(66-46(55)34-30-26-25-28-32-42-41(67-42)31-27-23-21-19-12-10-8-6-4-2)38-64-70(59,60)69-71(61,62)65-39-43-47(56)48(57)49(68-43)53-36-35-44(51)52-50(53)58/h11-13,15-16,18-20,23,25,27-28,35-36,40-43,47-49,56-57H,3-10,14,17,21-22,24,26,29-34,37-39H2,1-2H3,(H,59,60)(H,61,62)(H2,51,52,58)/b13-11-,16-15-,19-12-,20-18-,27-23-,28-25-/t40-,41?,42?,43-,47-,48-,49-/m1/s1. The molecule has 0 spiro atoms. The largest absolute Gasteiger partial charge is 0.481 e. The lowest BCUT2D eigenvalue weighted by Crippen LogP contribution is -2.36. The summed E-state index contributed by atoms with van der Waals surface area (Å²) in [6.45, 7) is 1.98. The van der Waals surface area contributed by atoms with Gasteiger partial charge in [0.25, 0.3) is 0 Å². The van der Waals surface area contributed by atoms with Gasteiger partial charge in [-0.25, -0.2) is 13.9 Å². The average Bonchev–Trinajstić information content (AvgIpc) is 4.02. The van der Waals surface area contributed by atoms with Gasteiger partial charge in [0.15, 0.2) is 12.3 Å². The Morgan fingerprint density at radius 1 is 0.690 bits per heavy atom. The fourth-order valence-electron chi connectivity index (χ4n) is 7.12. The van der Waals surface area contributed by atoms with E-state index < -0.39 is 83.7 Å². The first kappa shape index (κ1) is 61.5. The molecule has 3 rings (SSSR count). The number of hydrogen-bond acceptors (Lipinski definition) is 16. The van der Waals surface area contributed by atoms with Crippen LogP contribution in [0.1, 0.15) is 148 Å². The number of allylic oxidation sites excluding steroid dienone is 10. The second-order valence-electron chi connectivity index (χ2n) is 17.3. The molecule has 0 aliphatic carbocycles. The van der Waals surface area contributed by atoms with Gasteiger partial charge in [-0.1, -0.05) is 112 Å². The minimum Gasteiger partial charge on any atom is -0.462 e. The van der Waals surface area contributed by atoms with Crippen LogP contribution in [0.4, 0.5) is 5.82 Å². The number of phosphoric acid groups is 2. The number of nitrogen functional groups attached to an aromatic ring is 1. The lowest BCUT2D eigenvalue weighted by Gasteiger charge is -2.21. The molecule has 0 amide bonds. The van der Waals surface area contributed by atoms with Crippen LogP contribution in [-0.2, 0) is 51.0 Å². The lowest BCUT2D eigenvalue weighted by atomic mass is 10.1. The fraction of sp³-hybridized carbons (Fsp3) is 0.640. The van der Waals surface area contributed by atoms with E-state index in [-0.39, 0.29) is 30.9 Å². The molecule has 6 N–H and O–H groups in total. The highest BCUT2D eigenvalue weighted by Gasteiger charge is 2.46. The predicted molar refractivity (Wildman–Crippen MR) is 270 cm³/mol. The molecule has 19 nitrogen and oxygen atoms in total. The SMILES string of the molecule is CCCCC/C=C\C/C=C\C/C=C\CCCCC(=O)OC[C@H](COP(=O)(O)OP(=O)(O)OC[C@H]1O[C@@H](n2ccc(N)nc2=O)[C@H](O)[C@@H]1O)OC(=O)CCC/C=C\CC1OC1C/C=C\C/C=C\CCCCC. The molecule has 2 fully saturated rings. The molecular formula is C50H79N3O16P2. The summed E-state index contributed by atoms with van der Waals surface area (Å²) in [5.41, 5.74) is 4.58. The molecule has 1 aromatic heterocycles. The number of unbranched alkanes of at least 4 members (excludes halogenated alkanes) is 9. The number of esters is 2. The molecule has 0 aromatic carbocycles. The van der Waals surface area contributed by atoms with Crippen LogP contribution < -0.4 is 11.4 Å². The van der Waals surface area contributed by atoms with Crippen molar-refractivity contribution >= 4 is 33.4 Å². The van der Waals surface area contributed by atoms with E-state index in [1.165, 1.54) is 44.6 Å². The number of nitrogens with two attached hydrogens (primary N) is 1. The second kappa shape index (κ2) is 35.3. The summed E-state index contributed by atoms with van der Waals surface area (Å²) in [6.07, 6.45) is 35.9. The number of aliphatic hydroxyl groups is 2. The van der Waals surface area contributed by atoms with Crippen molar-refractivity contribution < 1.29 is 71.0 Å². The summed E-state index contributed by atoms with van der Waals surface area (Å²) in [4.78, 5) is 61.9. The van der Waals surface area contributed by atoms with Gasteiger partial charge in [0.2, 0.25) is 0 Å². The van der Waals surface area contributed by atoms with Gasteiger partial charge in [0, 0.05) is 19.0 Å². The molecule has 71 heavy (non-hydrogen) atoms. The normalized spacial score (nSPS) is 22.6. The molecule has 0 saturated carbocycles. The van der Waals surface area contributed by atoms with Gasteiger partial charge < -0.3 is 44.7 Å². The van der Waals surface area contributed by atoms with Crippen molar-refractivity contribution in [3.05, 3.63) is 95.7 Å². The highest BCUT2D eigenvalue weighted by molar-refractivity contribution is 7.61. The van der Waals surface area contributed by atoms with E-state index in [9.17, 15) is 43.5 Å². The Morgan fingerprint density at radius 2 is 1.21 bits per heavy atom. The number of nitrogens with zero attached hydrogens (tertiary/aromatic N) is 2. The average molecular weight is 1040 g/mol. The first-order valence-corrected chi connectivity index (χ1v) is 28.1. The molecule has 1 aromatic rings. The third kappa shape index (κ3) is 27.7. The monoisotopic (exact) mass is 1040 g/mol. The molecule has 0 bridgehead atoms. The molecule has 2 aliphatic heterocycles. The quantitative estimate of drug-likeness (QED) is 0.0135. The summed E-state index contributed by atoms with van der Waals surface area (Å²) in [7, 11) is -10.9. The maximum Gasteiger partial charge on any atom is 0.481 e. The number of aliphatic hydroxyl groups excluding tert-OH is 2. The van der Waals surface area contributed by atoms with E-state index in [1.54, 1.807) is 0 Å². The molecule has 0 radical (unpaired) electrons. The van der Waals surface area contributed by atoms with Gasteiger partial charge in [-0.3, -0.25) is 23.2 Å². The first-order chi connectivity index (χ1) is 34.1. The minimum atomic E-state index is -5.45. The Hall–Kier alpha value is -3.84. The number of hydrogen-bond donors (Lipinski definition) is 5. The van der Waals surface area contributed by atoms with Gasteiger partial charge in [-0.2, -0.15) is 9.29 Å². The predicted octanol–water partition coefficient (Wildman–Crippen LogP) is 9.10. The first-order valence-electron chi connectivity index (χ1n) is 25.1. The Bertz CT molecular complexity index is 2040. The number of anilines is 1. The Labute approximate surface area is 419 Å². The van der Waals surface area contributed by atoms with Crippen molar-refractivity contribution in [3.63, 3.8) is 0 Å². The summed E-state index contributed by atoms with van der Waals surface area (Å²) in [5.74, 6) is -1.43. The van der Waals surface area contributed by atoms with E-state index in [0.717, 1.165) is 68.6 Å². The number of rotatable bonds is 39. The van der Waals surface area contributed by atoms with Gasteiger partial charge in [0.05, 0.1) is 25.4 Å². The summed E-state index contributed by atoms with van der Waals surface area (Å²) in [6, 6.07) is 1.24. The fourth-order valence-corrected chi connectivity index (χ4v) is 9.23. The number of ether oxygens (including phenoxy) is 4. The third-order valence-corrected chi connectivity index (χ3v) is 13.8. The van der Waals surface area contributed by atoms with Gasteiger partial charge >= 0.3 is 33.3 Å². The topological polar surface area (TPSA) is 278 Å². The molecule has 2 aliphatic rings. The van der Waals surface area contributed by atoms with Gasteiger partial charge in [-0.15, -0.1) is 0 Å². The van der Waals surface area contributed by atoms with Gasteiger partial charge in [-0.05, 0) is 96.0 Å². The summed E-state index contributed by atoms with van der Waals surface area (Å²) >= 11 is 0. The summed E-state index contributed by atoms with van der Waals surface area (Å²) in [5, 5.41) is 20.9. The molecular weight excluding hydrogens is 961 g/mol. The van der Waals surface area contributed by atoms with Crippen LogP contribution in [0.25, 0.3) is 0 Å². The van der Waals surface area contributed by atoms with Crippen molar-refractivity contribution in [1.29, 1.82) is 0 Å². The Balaban J connectivity index is 1.44. The van der Waals surface area contributed by atoms with Gasteiger partial charge in [0.1, 0.15) is 30.7 Å². The zero-order valence-electron chi connectivity index (χ0n) is 41.4. The van der Waals surface area contributed by atoms with Crippen LogP contribution >= 0.6 is 15.6 Å². The second-order valence-corrected chi connectivity index (χ2v) is 20.4.